The van der Waals surface area contributed by atoms with Gasteiger partial charge in [0.25, 0.3) is 0 Å². The molecule has 0 heterocycles. The van der Waals surface area contributed by atoms with E-state index in [0.717, 1.165) is 5.75 Å². The van der Waals surface area contributed by atoms with Crippen LogP contribution in [0.1, 0.15) is 31.0 Å². The van der Waals surface area contributed by atoms with Crippen LogP contribution in [0.3, 0.4) is 0 Å². The Balaban J connectivity index is 2.28. The zero-order chi connectivity index (χ0) is 15.4. The Morgan fingerprint density at radius 3 is 2.33 bits per heavy atom. The average molecular weight is 289 g/mol. The highest BCUT2D eigenvalue weighted by Gasteiger charge is 2.13. The van der Waals surface area contributed by atoms with Gasteiger partial charge in [0.15, 0.2) is 0 Å². The van der Waals surface area contributed by atoms with Crippen LogP contribution in [0.5, 0.6) is 17.2 Å². The maximum Gasteiger partial charge on any atom is 0.132 e. The van der Waals surface area contributed by atoms with Gasteiger partial charge in [-0.05, 0) is 62.7 Å². The molecule has 4 heteroatoms. The van der Waals surface area contributed by atoms with Gasteiger partial charge < -0.3 is 15.2 Å². The van der Waals surface area contributed by atoms with Crippen LogP contribution in [-0.4, -0.2) is 6.61 Å². The lowest BCUT2D eigenvalue weighted by molar-refractivity contribution is 0.339. The highest BCUT2D eigenvalue weighted by Crippen LogP contribution is 2.31. The van der Waals surface area contributed by atoms with Gasteiger partial charge in [-0.15, -0.1) is 0 Å². The van der Waals surface area contributed by atoms with E-state index in [1.165, 1.54) is 6.07 Å². The van der Waals surface area contributed by atoms with E-state index in [2.05, 4.69) is 0 Å². The third-order valence-corrected chi connectivity index (χ3v) is 3.14. The van der Waals surface area contributed by atoms with Gasteiger partial charge in [-0.2, -0.15) is 0 Å². The van der Waals surface area contributed by atoms with Crippen LogP contribution in [0.15, 0.2) is 36.4 Å². The Kier molecular flexibility index (Phi) is 4.81. The van der Waals surface area contributed by atoms with Gasteiger partial charge in [0.1, 0.15) is 23.1 Å². The summed E-state index contributed by atoms with van der Waals surface area (Å²) < 4.78 is 24.9. The topological polar surface area (TPSA) is 44.5 Å². The minimum Gasteiger partial charge on any atom is -0.494 e. The van der Waals surface area contributed by atoms with Crippen molar-refractivity contribution >= 4 is 0 Å². The van der Waals surface area contributed by atoms with E-state index in [9.17, 15) is 4.39 Å². The third-order valence-electron chi connectivity index (χ3n) is 3.14. The van der Waals surface area contributed by atoms with E-state index in [1.807, 2.05) is 31.2 Å². The molecule has 2 aromatic carbocycles. The molecule has 1 atom stereocenters. The molecule has 1 unspecified atom stereocenters. The number of aryl methyl sites for hydroxylation is 1. The Morgan fingerprint density at radius 1 is 1.14 bits per heavy atom. The molecule has 0 bridgehead atoms. The Hall–Kier alpha value is -2.07. The molecule has 0 radical (unpaired) electrons. The molecule has 0 aliphatic heterocycles. The van der Waals surface area contributed by atoms with Crippen LogP contribution in [0.2, 0.25) is 0 Å². The first-order valence-corrected chi connectivity index (χ1v) is 6.97. The smallest absolute Gasteiger partial charge is 0.132 e. The highest BCUT2D eigenvalue weighted by molar-refractivity contribution is 5.43. The molecular weight excluding hydrogens is 269 g/mol. The quantitative estimate of drug-likeness (QED) is 0.890. The van der Waals surface area contributed by atoms with Crippen molar-refractivity contribution in [3.8, 4) is 17.2 Å². The average Bonchev–Trinajstić information content (AvgIpc) is 2.44. The monoisotopic (exact) mass is 289 g/mol. The summed E-state index contributed by atoms with van der Waals surface area (Å²) in [5.74, 6) is 1.74. The predicted molar refractivity (Wildman–Crippen MR) is 81.4 cm³/mol. The van der Waals surface area contributed by atoms with Crippen molar-refractivity contribution in [2.45, 2.75) is 26.8 Å². The lowest BCUT2D eigenvalue weighted by Gasteiger charge is -2.15. The molecule has 112 valence electrons. The highest BCUT2D eigenvalue weighted by atomic mass is 19.1. The van der Waals surface area contributed by atoms with E-state index in [0.29, 0.717) is 29.2 Å². The number of nitrogens with two attached hydrogens (primary N) is 1. The lowest BCUT2D eigenvalue weighted by atomic mass is 10.1. The van der Waals surface area contributed by atoms with Gasteiger partial charge in [0, 0.05) is 11.6 Å². The number of halogens is 1. The standard InChI is InChI=1S/C17H20FNO2/c1-4-20-13-5-7-14(8-6-13)21-17-9-11(2)16(18)10-15(17)12(3)19/h5-10,12H,4,19H2,1-3H3. The molecule has 0 spiro atoms. The zero-order valence-electron chi connectivity index (χ0n) is 12.5. The van der Waals surface area contributed by atoms with Crippen LogP contribution >= 0.6 is 0 Å². The molecular formula is C17H20FNO2. The maximum atomic E-state index is 13.7. The number of hydrogen-bond donors (Lipinski definition) is 1. The first-order valence-electron chi connectivity index (χ1n) is 6.97. The second-order valence-electron chi connectivity index (χ2n) is 4.93. The summed E-state index contributed by atoms with van der Waals surface area (Å²) in [6, 6.07) is 10.1. The second kappa shape index (κ2) is 6.59. The SMILES string of the molecule is CCOc1ccc(Oc2cc(C)c(F)cc2C(C)N)cc1. The van der Waals surface area contributed by atoms with Crippen molar-refractivity contribution < 1.29 is 13.9 Å². The summed E-state index contributed by atoms with van der Waals surface area (Å²) in [4.78, 5) is 0. The van der Waals surface area contributed by atoms with Crippen molar-refractivity contribution in [3.63, 3.8) is 0 Å². The first-order chi connectivity index (χ1) is 10.0. The molecule has 0 fully saturated rings. The lowest BCUT2D eigenvalue weighted by Crippen LogP contribution is -2.08. The molecule has 0 saturated carbocycles. The molecule has 0 aliphatic carbocycles. The van der Waals surface area contributed by atoms with Crippen molar-refractivity contribution in [3.05, 3.63) is 53.3 Å². The van der Waals surface area contributed by atoms with E-state index in [-0.39, 0.29) is 11.9 Å². The molecule has 0 aromatic heterocycles. The van der Waals surface area contributed by atoms with Crippen molar-refractivity contribution in [1.82, 2.24) is 0 Å². The minimum atomic E-state index is -0.308. The van der Waals surface area contributed by atoms with Crippen molar-refractivity contribution in [2.75, 3.05) is 6.61 Å². The molecule has 0 aliphatic rings. The van der Waals surface area contributed by atoms with E-state index in [4.69, 9.17) is 15.2 Å². The molecule has 2 rings (SSSR count). The minimum absolute atomic E-state index is 0.277. The molecule has 3 nitrogen and oxygen atoms in total. The zero-order valence-corrected chi connectivity index (χ0v) is 12.5. The summed E-state index contributed by atoms with van der Waals surface area (Å²) >= 11 is 0. The van der Waals surface area contributed by atoms with Crippen LogP contribution in [0.4, 0.5) is 4.39 Å². The number of benzene rings is 2. The van der Waals surface area contributed by atoms with Gasteiger partial charge in [0.05, 0.1) is 6.61 Å². The van der Waals surface area contributed by atoms with Crippen LogP contribution in [0.25, 0.3) is 0 Å². The van der Waals surface area contributed by atoms with Crippen LogP contribution < -0.4 is 15.2 Å². The number of ether oxygens (including phenoxy) is 2. The van der Waals surface area contributed by atoms with E-state index >= 15 is 0 Å². The fourth-order valence-electron chi connectivity index (χ4n) is 2.01. The van der Waals surface area contributed by atoms with Gasteiger partial charge in [-0.3, -0.25) is 0 Å². The molecule has 21 heavy (non-hydrogen) atoms. The largest absolute Gasteiger partial charge is 0.494 e. The van der Waals surface area contributed by atoms with Gasteiger partial charge >= 0.3 is 0 Å². The molecule has 0 amide bonds. The first kappa shape index (κ1) is 15.3. The van der Waals surface area contributed by atoms with Gasteiger partial charge in [0.2, 0.25) is 0 Å². The number of rotatable bonds is 5. The molecule has 2 aromatic rings. The van der Waals surface area contributed by atoms with Crippen LogP contribution in [-0.2, 0) is 0 Å². The Morgan fingerprint density at radius 2 is 1.76 bits per heavy atom. The summed E-state index contributed by atoms with van der Waals surface area (Å²) in [7, 11) is 0. The summed E-state index contributed by atoms with van der Waals surface area (Å²) in [6.45, 7) is 6.05. The van der Waals surface area contributed by atoms with Crippen molar-refractivity contribution in [2.24, 2.45) is 5.73 Å². The Bertz CT molecular complexity index is 609. The van der Waals surface area contributed by atoms with E-state index in [1.54, 1.807) is 19.9 Å². The maximum absolute atomic E-state index is 13.7. The predicted octanol–water partition coefficient (Wildman–Crippen LogP) is 4.34. The van der Waals surface area contributed by atoms with Gasteiger partial charge in [-0.25, -0.2) is 4.39 Å². The fraction of sp³-hybridized carbons (Fsp3) is 0.294. The number of hydrogen-bond acceptors (Lipinski definition) is 3. The second-order valence-corrected chi connectivity index (χ2v) is 4.93. The summed E-state index contributed by atoms with van der Waals surface area (Å²) in [5, 5.41) is 0. The third kappa shape index (κ3) is 3.73. The molecule has 2 N–H and O–H groups in total. The normalized spacial score (nSPS) is 12.0. The fourth-order valence-corrected chi connectivity index (χ4v) is 2.01. The Labute approximate surface area is 124 Å². The summed E-state index contributed by atoms with van der Waals surface area (Å²) in [6.07, 6.45) is 0. The summed E-state index contributed by atoms with van der Waals surface area (Å²) in [5.41, 5.74) is 7.06. The molecule has 0 saturated heterocycles. The van der Waals surface area contributed by atoms with Gasteiger partial charge in [-0.1, -0.05) is 0 Å². The van der Waals surface area contributed by atoms with Crippen LogP contribution in [0, 0.1) is 12.7 Å². The van der Waals surface area contributed by atoms with Crippen molar-refractivity contribution in [1.29, 1.82) is 0 Å². The van der Waals surface area contributed by atoms with E-state index < -0.39 is 0 Å².